The van der Waals surface area contributed by atoms with Crippen LogP contribution in [-0.2, 0) is 26.2 Å². The van der Waals surface area contributed by atoms with Crippen molar-refractivity contribution in [3.8, 4) is 22.6 Å². The van der Waals surface area contributed by atoms with Crippen LogP contribution in [0.5, 0.6) is 11.5 Å². The summed E-state index contributed by atoms with van der Waals surface area (Å²) in [6.45, 7) is 6.40. The third-order valence-electron chi connectivity index (χ3n) is 8.84. The smallest absolute Gasteiger partial charge is 0.410 e. The molecule has 256 valence electrons. The molecule has 12 heteroatoms. The van der Waals surface area contributed by atoms with Gasteiger partial charge in [0.15, 0.2) is 23.5 Å². The van der Waals surface area contributed by atoms with Gasteiger partial charge in [-0.15, -0.1) is 0 Å². The molecule has 2 saturated heterocycles. The summed E-state index contributed by atoms with van der Waals surface area (Å²) in [7, 11) is 0. The van der Waals surface area contributed by atoms with E-state index in [2.05, 4.69) is 0 Å². The zero-order valence-corrected chi connectivity index (χ0v) is 27.8. The lowest BCUT2D eigenvalue weighted by Gasteiger charge is -2.50. The fourth-order valence-electron chi connectivity index (χ4n) is 6.60. The second-order valence-corrected chi connectivity index (χ2v) is 13.5. The lowest BCUT2D eigenvalue weighted by molar-refractivity contribution is -0.165. The summed E-state index contributed by atoms with van der Waals surface area (Å²) in [4.78, 5) is 27.3. The van der Waals surface area contributed by atoms with E-state index in [4.69, 9.17) is 35.3 Å². The quantitative estimate of drug-likeness (QED) is 0.228. The molecule has 6 rings (SSSR count). The summed E-state index contributed by atoms with van der Waals surface area (Å²) in [6.07, 6.45) is 2.38. The number of rotatable bonds is 9. The van der Waals surface area contributed by atoms with Crippen molar-refractivity contribution in [1.82, 2.24) is 4.90 Å². The number of hydrogen-bond donors (Lipinski definition) is 1. The second kappa shape index (κ2) is 13.5. The van der Waals surface area contributed by atoms with Crippen LogP contribution in [0.25, 0.3) is 11.1 Å². The Hall–Kier alpha value is -3.93. The first-order valence-electron chi connectivity index (χ1n) is 16.1. The van der Waals surface area contributed by atoms with Crippen LogP contribution in [0.15, 0.2) is 48.5 Å². The third kappa shape index (κ3) is 6.55. The first kappa shape index (κ1) is 34.0. The number of ether oxygens (including phenoxy) is 5. The van der Waals surface area contributed by atoms with Crippen LogP contribution in [0, 0.1) is 11.6 Å². The predicted molar refractivity (Wildman–Crippen MR) is 173 cm³/mol. The normalized spacial score (nSPS) is 22.0. The molecule has 3 aromatic carbocycles. The molecule has 0 aliphatic carbocycles. The van der Waals surface area contributed by atoms with Crippen molar-refractivity contribution >= 4 is 23.7 Å². The molecule has 0 radical (unpaired) electrons. The van der Waals surface area contributed by atoms with Gasteiger partial charge in [0.2, 0.25) is 0 Å². The Kier molecular flexibility index (Phi) is 9.57. The molecule has 9 nitrogen and oxygen atoms in total. The van der Waals surface area contributed by atoms with E-state index in [0.29, 0.717) is 30.7 Å². The lowest BCUT2D eigenvalue weighted by Crippen LogP contribution is -2.63. The highest BCUT2D eigenvalue weighted by atomic mass is 35.5. The Morgan fingerprint density at radius 3 is 2.48 bits per heavy atom. The van der Waals surface area contributed by atoms with Gasteiger partial charge in [-0.1, -0.05) is 41.9 Å². The minimum absolute atomic E-state index is 0.0322. The maximum Gasteiger partial charge on any atom is 0.410 e. The molecule has 2 fully saturated rings. The summed E-state index contributed by atoms with van der Waals surface area (Å²) in [5, 5.41) is 9.68. The van der Waals surface area contributed by atoms with Crippen LogP contribution in [0.3, 0.4) is 0 Å². The summed E-state index contributed by atoms with van der Waals surface area (Å²) in [5.41, 5.74) is -2.00. The number of carboxylic acids is 1. The molecule has 0 aromatic heterocycles. The molecule has 3 aromatic rings. The van der Waals surface area contributed by atoms with E-state index < -0.39 is 57.1 Å². The molecule has 3 heterocycles. The van der Waals surface area contributed by atoms with Gasteiger partial charge in [-0.25, -0.2) is 18.4 Å². The van der Waals surface area contributed by atoms with Crippen LogP contribution in [0.2, 0.25) is 5.02 Å². The van der Waals surface area contributed by atoms with Gasteiger partial charge in [-0.3, -0.25) is 0 Å². The molecular formula is C36H38ClF2NO8. The highest BCUT2D eigenvalue weighted by molar-refractivity contribution is 6.34. The maximum atomic E-state index is 16.5. The summed E-state index contributed by atoms with van der Waals surface area (Å²) in [5.74, 6) is -3.56. The van der Waals surface area contributed by atoms with Gasteiger partial charge in [-0.2, -0.15) is 0 Å². The molecule has 0 saturated carbocycles. The van der Waals surface area contributed by atoms with Gasteiger partial charge in [0.1, 0.15) is 23.8 Å². The number of likely N-dealkylation sites (tertiary alicyclic amines) is 1. The molecule has 1 N–H and O–H groups in total. The number of nitrogens with zero attached hydrogens (tertiary/aromatic N) is 1. The standard InChI is InChI=1S/C36H38ClF2NO8/c1-35(2,3)48-34(43)40-15-14-27(40)36(21-9-5-4-6-10-21)20-23-26(47-36)19-24(38)31(37)29(23)30-22(33(41)42)12-13-25(32(30)39)44-17-18-46-28-11-7-8-16-45-28/h4-6,9-10,12-13,19,27-28H,7-8,11,14-18,20H2,1-3H3,(H,41,42). The number of carboxylic acid groups (broad SMARTS) is 1. The monoisotopic (exact) mass is 685 g/mol. The van der Waals surface area contributed by atoms with E-state index in [0.717, 1.165) is 25.3 Å². The summed E-state index contributed by atoms with van der Waals surface area (Å²) >= 11 is 6.59. The minimum atomic E-state index is -1.44. The molecule has 0 bridgehead atoms. The maximum absolute atomic E-state index is 16.5. The number of amides is 1. The topological polar surface area (TPSA) is 104 Å². The van der Waals surface area contributed by atoms with Crippen molar-refractivity contribution in [3.05, 3.63) is 81.9 Å². The summed E-state index contributed by atoms with van der Waals surface area (Å²) < 4.78 is 61.3. The van der Waals surface area contributed by atoms with Gasteiger partial charge in [0.25, 0.3) is 0 Å². The Balaban J connectivity index is 1.39. The molecule has 3 aliphatic heterocycles. The van der Waals surface area contributed by atoms with E-state index in [-0.39, 0.29) is 43.0 Å². The van der Waals surface area contributed by atoms with Crippen molar-refractivity contribution < 1.29 is 47.2 Å². The largest absolute Gasteiger partial charge is 0.488 e. The number of halogens is 3. The molecule has 0 spiro atoms. The van der Waals surface area contributed by atoms with E-state index >= 15 is 8.78 Å². The number of aromatic carboxylic acids is 1. The Bertz CT molecular complexity index is 1690. The van der Waals surface area contributed by atoms with Gasteiger partial charge in [0.05, 0.1) is 23.2 Å². The third-order valence-corrected chi connectivity index (χ3v) is 9.21. The average Bonchev–Trinajstić information content (AvgIpc) is 3.39. The number of hydrogen-bond acceptors (Lipinski definition) is 7. The van der Waals surface area contributed by atoms with Crippen LogP contribution in [0.4, 0.5) is 13.6 Å². The Morgan fingerprint density at radius 2 is 1.83 bits per heavy atom. The van der Waals surface area contributed by atoms with Crippen molar-refractivity contribution in [2.75, 3.05) is 26.4 Å². The minimum Gasteiger partial charge on any atom is -0.488 e. The fraction of sp³-hybridized carbons (Fsp3) is 0.444. The van der Waals surface area contributed by atoms with Gasteiger partial charge < -0.3 is 33.7 Å². The second-order valence-electron chi connectivity index (χ2n) is 13.2. The van der Waals surface area contributed by atoms with E-state index in [9.17, 15) is 14.7 Å². The molecular weight excluding hydrogens is 648 g/mol. The van der Waals surface area contributed by atoms with Gasteiger partial charge >= 0.3 is 12.1 Å². The van der Waals surface area contributed by atoms with Crippen molar-refractivity contribution in [1.29, 1.82) is 0 Å². The van der Waals surface area contributed by atoms with Crippen molar-refractivity contribution in [2.24, 2.45) is 0 Å². The zero-order valence-electron chi connectivity index (χ0n) is 27.0. The number of fused-ring (bicyclic) bond motifs is 1. The molecule has 3 unspecified atom stereocenters. The first-order valence-corrected chi connectivity index (χ1v) is 16.4. The lowest BCUT2D eigenvalue weighted by atomic mass is 9.76. The molecule has 3 aliphatic rings. The Labute approximate surface area is 282 Å². The Morgan fingerprint density at radius 1 is 1.06 bits per heavy atom. The number of carbonyl (C=O) groups is 2. The fourth-order valence-corrected chi connectivity index (χ4v) is 6.86. The van der Waals surface area contributed by atoms with E-state index in [1.165, 1.54) is 12.1 Å². The number of benzene rings is 3. The zero-order chi connectivity index (χ0) is 34.2. The van der Waals surface area contributed by atoms with Gasteiger partial charge in [0, 0.05) is 42.3 Å². The van der Waals surface area contributed by atoms with Crippen molar-refractivity contribution in [2.45, 2.75) is 76.4 Å². The van der Waals surface area contributed by atoms with Crippen molar-refractivity contribution in [3.63, 3.8) is 0 Å². The molecule has 48 heavy (non-hydrogen) atoms. The highest BCUT2D eigenvalue weighted by Gasteiger charge is 2.56. The van der Waals surface area contributed by atoms with E-state index in [1.54, 1.807) is 25.7 Å². The predicted octanol–water partition coefficient (Wildman–Crippen LogP) is 7.75. The number of carbonyl (C=O) groups excluding carboxylic acids is 1. The van der Waals surface area contributed by atoms with Crippen LogP contribution in [0.1, 0.15) is 67.9 Å². The highest BCUT2D eigenvalue weighted by Crippen LogP contribution is 2.54. The van der Waals surface area contributed by atoms with E-state index in [1.807, 2.05) is 30.3 Å². The van der Waals surface area contributed by atoms with Crippen LogP contribution < -0.4 is 9.47 Å². The van der Waals surface area contributed by atoms with Crippen LogP contribution in [-0.4, -0.2) is 66.4 Å². The molecule has 1 amide bonds. The molecule has 3 atom stereocenters. The first-order chi connectivity index (χ1) is 22.9. The average molecular weight is 686 g/mol. The summed E-state index contributed by atoms with van der Waals surface area (Å²) in [6, 6.07) is 12.1. The SMILES string of the molecule is CC(C)(C)OC(=O)N1CCC1C1(c2ccccc2)Cc2c(cc(F)c(Cl)c2-c2c(C(=O)O)ccc(OCCOC3CCCCO3)c2F)O1. The van der Waals surface area contributed by atoms with Crippen LogP contribution >= 0.6 is 11.6 Å². The van der Waals surface area contributed by atoms with Gasteiger partial charge in [-0.05, 0) is 64.2 Å².